The first-order valence-corrected chi connectivity index (χ1v) is 15.3. The summed E-state index contributed by atoms with van der Waals surface area (Å²) in [6, 6.07) is 8.98. The number of rotatable bonds is 14. The topological polar surface area (TPSA) is 77.5 Å². The number of thiazole rings is 1. The van der Waals surface area contributed by atoms with E-state index in [-0.39, 0.29) is 23.7 Å². The van der Waals surface area contributed by atoms with Gasteiger partial charge in [0.05, 0.1) is 12.1 Å². The lowest BCUT2D eigenvalue weighted by Crippen LogP contribution is -2.50. The van der Waals surface area contributed by atoms with E-state index < -0.39 is 52.0 Å². The molecule has 1 aliphatic rings. The summed E-state index contributed by atoms with van der Waals surface area (Å²) in [6.45, 7) is 4.64. The second kappa shape index (κ2) is 14.1. The zero-order valence-corrected chi connectivity index (χ0v) is 25.3. The van der Waals surface area contributed by atoms with Crippen LogP contribution in [-0.2, 0) is 18.1 Å². The van der Waals surface area contributed by atoms with Crippen molar-refractivity contribution in [3.63, 3.8) is 0 Å². The number of anilines is 1. The van der Waals surface area contributed by atoms with Gasteiger partial charge in [0.15, 0.2) is 10.8 Å². The molecule has 4 rings (SSSR count). The number of carbonyl (C=O) groups excluding carboxylic acids is 1. The summed E-state index contributed by atoms with van der Waals surface area (Å²) in [7, 11) is 0. The molecule has 2 aromatic carbocycles. The molecule has 6 nitrogen and oxygen atoms in total. The highest BCUT2D eigenvalue weighted by molar-refractivity contribution is 7.17. The second-order valence-electron chi connectivity index (χ2n) is 11.0. The SMILES string of the molecule is C#Cc1cccc(C2(NCC(O)C(Cc3cc(F)cc(F)c3)NC(=O)c3sc(N(CCC)CCC)nc3C(F)(F)F)CC2)c1. The van der Waals surface area contributed by atoms with E-state index in [4.69, 9.17) is 6.42 Å². The van der Waals surface area contributed by atoms with Crippen molar-refractivity contribution in [3.05, 3.63) is 81.4 Å². The molecule has 3 aromatic rings. The molecule has 44 heavy (non-hydrogen) atoms. The molecule has 1 fully saturated rings. The van der Waals surface area contributed by atoms with Gasteiger partial charge in [0.1, 0.15) is 16.5 Å². The first kappa shape index (κ1) is 33.4. The molecule has 0 aliphatic heterocycles. The Labute approximate surface area is 257 Å². The van der Waals surface area contributed by atoms with Crippen molar-refractivity contribution in [2.45, 2.75) is 69.8 Å². The van der Waals surface area contributed by atoms with Gasteiger partial charge < -0.3 is 20.6 Å². The van der Waals surface area contributed by atoms with Gasteiger partial charge in [0.2, 0.25) is 0 Å². The van der Waals surface area contributed by atoms with E-state index >= 15 is 0 Å². The van der Waals surface area contributed by atoms with Gasteiger partial charge in [-0.3, -0.25) is 4.79 Å². The van der Waals surface area contributed by atoms with Gasteiger partial charge in [-0.25, -0.2) is 13.8 Å². The molecule has 1 saturated carbocycles. The predicted molar refractivity (Wildman–Crippen MR) is 161 cm³/mol. The summed E-state index contributed by atoms with van der Waals surface area (Å²) in [4.78, 5) is 18.3. The molecule has 2 atom stereocenters. The highest BCUT2D eigenvalue weighted by Crippen LogP contribution is 2.45. The van der Waals surface area contributed by atoms with E-state index in [2.05, 4.69) is 21.5 Å². The summed E-state index contributed by atoms with van der Waals surface area (Å²) in [5.74, 6) is -0.217. The van der Waals surface area contributed by atoms with Crippen LogP contribution >= 0.6 is 11.3 Å². The Kier molecular flexibility index (Phi) is 10.7. The average Bonchev–Trinajstić information content (AvgIpc) is 3.62. The van der Waals surface area contributed by atoms with Gasteiger partial charge >= 0.3 is 6.18 Å². The second-order valence-corrected chi connectivity index (χ2v) is 12.0. The van der Waals surface area contributed by atoms with Gasteiger partial charge in [-0.2, -0.15) is 13.2 Å². The number of benzene rings is 2. The number of amides is 1. The van der Waals surface area contributed by atoms with Crippen LogP contribution in [0.4, 0.5) is 27.1 Å². The highest BCUT2D eigenvalue weighted by atomic mass is 32.1. The molecule has 1 aromatic heterocycles. The first-order chi connectivity index (χ1) is 20.9. The molecule has 0 saturated heterocycles. The number of nitrogens with one attached hydrogen (secondary N) is 2. The third-order valence-corrected chi connectivity index (χ3v) is 8.60. The average molecular weight is 635 g/mol. The summed E-state index contributed by atoms with van der Waals surface area (Å²) in [5.41, 5.74) is -0.0572. The zero-order chi connectivity index (χ0) is 32.1. The normalized spacial score (nSPS) is 15.3. The van der Waals surface area contributed by atoms with E-state index in [0.717, 1.165) is 30.5 Å². The molecule has 12 heteroatoms. The number of alkyl halides is 3. The number of hydrogen-bond acceptors (Lipinski definition) is 6. The van der Waals surface area contributed by atoms with Crippen LogP contribution in [0.2, 0.25) is 0 Å². The summed E-state index contributed by atoms with van der Waals surface area (Å²) >= 11 is 0.625. The number of terminal acetylenes is 1. The molecule has 0 spiro atoms. The lowest BCUT2D eigenvalue weighted by Gasteiger charge is -2.27. The standard InChI is InChI=1S/C32H35F5N4O2S/c1-4-12-41(13-5-2)30-40-28(32(35,36)37)27(44-30)29(43)39-25(17-21-15-23(33)18-24(34)16-21)26(42)19-38-31(10-11-31)22-9-7-8-20(6-3)14-22/h3,7-9,14-16,18,25-26,38,42H,4-5,10-13,17,19H2,1-2H3,(H,39,43). The summed E-state index contributed by atoms with van der Waals surface area (Å²) in [6.07, 6.45) is 1.90. The lowest BCUT2D eigenvalue weighted by molar-refractivity contribution is -0.141. The largest absolute Gasteiger partial charge is 0.435 e. The Morgan fingerprint density at radius 1 is 1.14 bits per heavy atom. The fourth-order valence-corrected chi connectivity index (χ4v) is 6.22. The lowest BCUT2D eigenvalue weighted by atomic mass is 9.98. The van der Waals surface area contributed by atoms with Crippen LogP contribution < -0.4 is 15.5 Å². The van der Waals surface area contributed by atoms with E-state index in [9.17, 15) is 31.9 Å². The number of nitrogens with zero attached hydrogens (tertiary/aromatic N) is 2. The molecule has 0 radical (unpaired) electrons. The van der Waals surface area contributed by atoms with Crippen molar-refractivity contribution >= 4 is 22.4 Å². The van der Waals surface area contributed by atoms with Crippen LogP contribution in [0.3, 0.4) is 0 Å². The summed E-state index contributed by atoms with van der Waals surface area (Å²) < 4.78 is 70.2. The number of aromatic nitrogens is 1. The Hall–Kier alpha value is -3.53. The first-order valence-electron chi connectivity index (χ1n) is 14.5. The molecule has 3 N–H and O–H groups in total. The smallest absolute Gasteiger partial charge is 0.390 e. The van der Waals surface area contributed by atoms with E-state index in [1.807, 2.05) is 32.0 Å². The molecule has 0 bridgehead atoms. The van der Waals surface area contributed by atoms with Crippen molar-refractivity contribution in [1.82, 2.24) is 15.6 Å². The Morgan fingerprint density at radius 2 is 1.80 bits per heavy atom. The summed E-state index contributed by atoms with van der Waals surface area (Å²) in [5, 5.41) is 17.2. The van der Waals surface area contributed by atoms with Crippen LogP contribution in [0.5, 0.6) is 0 Å². The minimum Gasteiger partial charge on any atom is -0.390 e. The van der Waals surface area contributed by atoms with Gasteiger partial charge in [-0.05, 0) is 67.5 Å². The van der Waals surface area contributed by atoms with E-state index in [0.29, 0.717) is 48.9 Å². The number of aliphatic hydroxyl groups excluding tert-OH is 1. The minimum atomic E-state index is -4.90. The quantitative estimate of drug-likeness (QED) is 0.149. The van der Waals surface area contributed by atoms with Crippen molar-refractivity contribution in [3.8, 4) is 12.3 Å². The zero-order valence-electron chi connectivity index (χ0n) is 24.5. The molecule has 1 aliphatic carbocycles. The number of aliphatic hydroxyl groups is 1. The predicted octanol–water partition coefficient (Wildman–Crippen LogP) is 6.03. The van der Waals surface area contributed by atoms with E-state index in [1.54, 1.807) is 11.0 Å². The van der Waals surface area contributed by atoms with Crippen molar-refractivity contribution < 1.29 is 31.9 Å². The van der Waals surface area contributed by atoms with Gasteiger partial charge in [-0.1, -0.05) is 43.2 Å². The van der Waals surface area contributed by atoms with Crippen LogP contribution in [0.1, 0.15) is 71.6 Å². The highest BCUT2D eigenvalue weighted by Gasteiger charge is 2.45. The molecule has 1 amide bonds. The van der Waals surface area contributed by atoms with Gasteiger partial charge in [0, 0.05) is 36.8 Å². The van der Waals surface area contributed by atoms with Crippen molar-refractivity contribution in [1.29, 1.82) is 0 Å². The Morgan fingerprint density at radius 3 is 2.36 bits per heavy atom. The van der Waals surface area contributed by atoms with Crippen LogP contribution in [0.15, 0.2) is 42.5 Å². The Bertz CT molecular complexity index is 1470. The fourth-order valence-electron chi connectivity index (χ4n) is 5.17. The maximum Gasteiger partial charge on any atom is 0.435 e. The number of halogens is 5. The molecule has 236 valence electrons. The van der Waals surface area contributed by atoms with Crippen molar-refractivity contribution in [2.24, 2.45) is 0 Å². The maximum absolute atomic E-state index is 14.1. The van der Waals surface area contributed by atoms with Gasteiger partial charge in [0.25, 0.3) is 5.91 Å². The fraction of sp³-hybridized carbons (Fsp3) is 0.438. The number of hydrogen-bond donors (Lipinski definition) is 3. The molecule has 2 unspecified atom stereocenters. The van der Waals surface area contributed by atoms with E-state index in [1.165, 1.54) is 0 Å². The van der Waals surface area contributed by atoms with Crippen molar-refractivity contribution in [2.75, 3.05) is 24.5 Å². The minimum absolute atomic E-state index is 0.0656. The van der Waals surface area contributed by atoms with Crippen LogP contribution in [-0.4, -0.2) is 47.8 Å². The van der Waals surface area contributed by atoms with Crippen LogP contribution in [0, 0.1) is 24.0 Å². The third-order valence-electron chi connectivity index (χ3n) is 7.49. The molecular formula is C32H35F5N4O2S. The van der Waals surface area contributed by atoms with Crippen LogP contribution in [0.25, 0.3) is 0 Å². The van der Waals surface area contributed by atoms with Gasteiger partial charge in [-0.15, -0.1) is 6.42 Å². The number of carbonyl (C=O) groups is 1. The Balaban J connectivity index is 1.61. The molecule has 1 heterocycles. The monoisotopic (exact) mass is 634 g/mol. The third kappa shape index (κ3) is 8.14. The molecular weight excluding hydrogens is 599 g/mol. The maximum atomic E-state index is 14.1.